The monoisotopic (exact) mass is 295 g/mol. The lowest BCUT2D eigenvalue weighted by atomic mass is 10.1. The fourth-order valence-corrected chi connectivity index (χ4v) is 2.75. The van der Waals surface area contributed by atoms with Gasteiger partial charge in [-0.15, -0.1) is 11.8 Å². The maximum Gasteiger partial charge on any atom is 0.341 e. The van der Waals surface area contributed by atoms with Crippen molar-refractivity contribution in [1.82, 2.24) is 4.98 Å². The minimum Gasteiger partial charge on any atom is -0.462 e. The van der Waals surface area contributed by atoms with Crippen LogP contribution in [0.4, 0.5) is 0 Å². The minimum absolute atomic E-state index is 0.312. The average molecular weight is 296 g/mol. The quantitative estimate of drug-likeness (QED) is 0.631. The number of halogens is 1. The molecule has 0 amide bonds. The highest BCUT2D eigenvalue weighted by Crippen LogP contribution is 2.31. The lowest BCUT2D eigenvalue weighted by molar-refractivity contribution is 0.0526. The van der Waals surface area contributed by atoms with Crippen LogP contribution < -0.4 is 0 Å². The van der Waals surface area contributed by atoms with Gasteiger partial charge in [0.05, 0.1) is 22.7 Å². The van der Waals surface area contributed by atoms with Crippen molar-refractivity contribution in [2.45, 2.75) is 18.7 Å². The predicted octanol–water partition coefficient (Wildman–Crippen LogP) is 4.10. The van der Waals surface area contributed by atoms with Gasteiger partial charge in [-0.1, -0.05) is 11.6 Å². The topological polar surface area (TPSA) is 39.2 Å². The Labute approximate surface area is 121 Å². The molecule has 100 valence electrons. The van der Waals surface area contributed by atoms with Crippen LogP contribution in [0.3, 0.4) is 0 Å². The molecule has 0 saturated carbocycles. The van der Waals surface area contributed by atoms with Crippen molar-refractivity contribution >= 4 is 40.2 Å². The summed E-state index contributed by atoms with van der Waals surface area (Å²) in [5, 5.41) is 1.18. The Morgan fingerprint density at radius 1 is 1.47 bits per heavy atom. The highest BCUT2D eigenvalue weighted by atomic mass is 35.5. The van der Waals surface area contributed by atoms with Gasteiger partial charge < -0.3 is 4.74 Å². The first-order valence-electron chi connectivity index (χ1n) is 5.88. The molecule has 0 aliphatic heterocycles. The molecule has 0 atom stereocenters. The summed E-state index contributed by atoms with van der Waals surface area (Å²) in [5.74, 6) is -0.437. The highest BCUT2D eigenvalue weighted by molar-refractivity contribution is 7.98. The maximum atomic E-state index is 11.8. The number of carbonyl (C=O) groups is 1. The van der Waals surface area contributed by atoms with Crippen LogP contribution >= 0.6 is 23.4 Å². The van der Waals surface area contributed by atoms with Gasteiger partial charge >= 0.3 is 5.97 Å². The van der Waals surface area contributed by atoms with Crippen molar-refractivity contribution in [3.63, 3.8) is 0 Å². The Hall–Kier alpha value is -1.26. The Morgan fingerprint density at radius 3 is 2.84 bits per heavy atom. The fourth-order valence-electron chi connectivity index (χ4n) is 1.87. The second-order valence-electron chi connectivity index (χ2n) is 4.05. The molecule has 2 aromatic rings. The molecule has 5 heteroatoms. The SMILES string of the molecule is CCOC(=O)c1cnc2cc(SC)c(C)cc2c1Cl. The molecule has 1 aromatic heterocycles. The van der Waals surface area contributed by atoms with Crippen LogP contribution in [-0.4, -0.2) is 23.8 Å². The number of thioether (sulfide) groups is 1. The van der Waals surface area contributed by atoms with Crippen molar-refractivity contribution in [3.05, 3.63) is 34.5 Å². The maximum absolute atomic E-state index is 11.8. The molecule has 0 aliphatic rings. The fraction of sp³-hybridized carbons (Fsp3) is 0.286. The summed E-state index contributed by atoms with van der Waals surface area (Å²) in [6.07, 6.45) is 3.49. The molecule has 19 heavy (non-hydrogen) atoms. The largest absolute Gasteiger partial charge is 0.462 e. The number of esters is 1. The number of fused-ring (bicyclic) bond motifs is 1. The summed E-state index contributed by atoms with van der Waals surface area (Å²) in [6.45, 7) is 4.09. The van der Waals surface area contributed by atoms with E-state index in [2.05, 4.69) is 4.98 Å². The number of rotatable bonds is 3. The average Bonchev–Trinajstić information content (AvgIpc) is 2.39. The third-order valence-corrected chi connectivity index (χ3v) is 4.10. The number of hydrogen-bond acceptors (Lipinski definition) is 4. The summed E-state index contributed by atoms with van der Waals surface area (Å²) in [6, 6.07) is 3.94. The first kappa shape index (κ1) is 14.2. The number of carbonyl (C=O) groups excluding carboxylic acids is 1. The van der Waals surface area contributed by atoms with Crippen LogP contribution in [0, 0.1) is 6.92 Å². The van der Waals surface area contributed by atoms with Gasteiger partial charge in [-0.05, 0) is 37.8 Å². The summed E-state index contributed by atoms with van der Waals surface area (Å²) in [7, 11) is 0. The van der Waals surface area contributed by atoms with Gasteiger partial charge in [0.15, 0.2) is 0 Å². The lowest BCUT2D eigenvalue weighted by Gasteiger charge is -2.09. The van der Waals surface area contributed by atoms with Crippen LogP contribution in [0.15, 0.2) is 23.2 Å². The smallest absolute Gasteiger partial charge is 0.341 e. The second-order valence-corrected chi connectivity index (χ2v) is 5.27. The zero-order valence-electron chi connectivity index (χ0n) is 11.0. The molecule has 2 rings (SSSR count). The molecule has 0 spiro atoms. The van der Waals surface area contributed by atoms with Crippen LogP contribution in [0.5, 0.6) is 0 Å². The van der Waals surface area contributed by atoms with Gasteiger partial charge in [0.25, 0.3) is 0 Å². The van der Waals surface area contributed by atoms with Gasteiger partial charge in [-0.25, -0.2) is 4.79 Å². The van der Waals surface area contributed by atoms with E-state index in [1.54, 1.807) is 18.7 Å². The van der Waals surface area contributed by atoms with Crippen LogP contribution in [0.25, 0.3) is 10.9 Å². The molecule has 0 fully saturated rings. The molecule has 0 radical (unpaired) electrons. The third-order valence-electron chi connectivity index (χ3n) is 2.81. The van der Waals surface area contributed by atoms with E-state index in [9.17, 15) is 4.79 Å². The summed E-state index contributed by atoms with van der Waals surface area (Å²) in [4.78, 5) is 17.2. The Bertz CT molecular complexity index is 643. The molecular formula is C14H14ClNO2S. The normalized spacial score (nSPS) is 10.7. The van der Waals surface area contributed by atoms with Crippen LogP contribution in [0.1, 0.15) is 22.8 Å². The molecule has 0 saturated heterocycles. The lowest BCUT2D eigenvalue weighted by Crippen LogP contribution is -2.06. The van der Waals surface area contributed by atoms with E-state index in [0.29, 0.717) is 17.2 Å². The Kier molecular flexibility index (Phi) is 4.32. The van der Waals surface area contributed by atoms with E-state index < -0.39 is 5.97 Å². The number of aromatic nitrogens is 1. The highest BCUT2D eigenvalue weighted by Gasteiger charge is 2.15. The van der Waals surface area contributed by atoms with Crippen LogP contribution in [0.2, 0.25) is 5.02 Å². The Balaban J connectivity index is 2.61. The third kappa shape index (κ3) is 2.69. The minimum atomic E-state index is -0.437. The first-order chi connectivity index (χ1) is 9.08. The second kappa shape index (κ2) is 5.80. The molecule has 0 aliphatic carbocycles. The number of nitrogens with zero attached hydrogens (tertiary/aromatic N) is 1. The first-order valence-corrected chi connectivity index (χ1v) is 7.48. The molecule has 3 nitrogen and oxygen atoms in total. The molecule has 1 aromatic carbocycles. The van der Waals surface area contributed by atoms with Crippen molar-refractivity contribution in [1.29, 1.82) is 0 Å². The van der Waals surface area contributed by atoms with Crippen molar-refractivity contribution in [2.75, 3.05) is 12.9 Å². The van der Waals surface area contributed by atoms with Crippen molar-refractivity contribution < 1.29 is 9.53 Å². The van der Waals surface area contributed by atoms with Gasteiger partial charge in [-0.2, -0.15) is 0 Å². The number of benzene rings is 1. The van der Waals surface area contributed by atoms with E-state index in [1.165, 1.54) is 6.20 Å². The van der Waals surface area contributed by atoms with Crippen molar-refractivity contribution in [2.24, 2.45) is 0 Å². The van der Waals surface area contributed by atoms with E-state index in [-0.39, 0.29) is 0 Å². The molecule has 1 heterocycles. The van der Waals surface area contributed by atoms with Crippen molar-refractivity contribution in [3.8, 4) is 0 Å². The van der Waals surface area contributed by atoms with Gasteiger partial charge in [0.2, 0.25) is 0 Å². The Morgan fingerprint density at radius 2 is 2.21 bits per heavy atom. The van der Waals surface area contributed by atoms with E-state index in [4.69, 9.17) is 16.3 Å². The van der Waals surface area contributed by atoms with Gasteiger partial charge in [0.1, 0.15) is 0 Å². The van der Waals surface area contributed by atoms with E-state index in [1.807, 2.05) is 25.3 Å². The van der Waals surface area contributed by atoms with E-state index >= 15 is 0 Å². The molecular weight excluding hydrogens is 282 g/mol. The predicted molar refractivity (Wildman–Crippen MR) is 79.2 cm³/mol. The van der Waals surface area contributed by atoms with E-state index in [0.717, 1.165) is 21.4 Å². The summed E-state index contributed by atoms with van der Waals surface area (Å²) < 4.78 is 4.97. The number of aryl methyl sites for hydroxylation is 1. The van der Waals surface area contributed by atoms with Gasteiger partial charge in [-0.3, -0.25) is 4.98 Å². The van der Waals surface area contributed by atoms with Gasteiger partial charge in [0, 0.05) is 16.5 Å². The number of ether oxygens (including phenoxy) is 1. The number of hydrogen-bond donors (Lipinski definition) is 0. The number of pyridine rings is 1. The van der Waals surface area contributed by atoms with Crippen LogP contribution in [-0.2, 0) is 4.74 Å². The molecule has 0 unspecified atom stereocenters. The molecule has 0 N–H and O–H groups in total. The zero-order chi connectivity index (χ0) is 14.0. The zero-order valence-corrected chi connectivity index (χ0v) is 12.6. The molecule has 0 bridgehead atoms. The summed E-state index contributed by atoms with van der Waals surface area (Å²) >= 11 is 7.95. The summed E-state index contributed by atoms with van der Waals surface area (Å²) in [5.41, 5.74) is 2.21. The standard InChI is InChI=1S/C14H14ClNO2S/c1-4-18-14(17)10-7-16-11-6-12(19-3)8(2)5-9(11)13(10)15/h5-7H,4H2,1-3H3.